The third-order valence-electron chi connectivity index (χ3n) is 3.97. The molecule has 1 atom stereocenters. The fraction of sp³-hybridized carbons (Fsp3) is 0.533. The van der Waals surface area contributed by atoms with Gasteiger partial charge in [-0.05, 0) is 37.9 Å². The Morgan fingerprint density at radius 2 is 2.21 bits per heavy atom. The SMILES string of the molecule is Cc1ccc2nc(CN3CCCCC3CO)cn2c1. The quantitative estimate of drug-likeness (QED) is 0.916. The van der Waals surface area contributed by atoms with Crippen molar-refractivity contribution in [1.82, 2.24) is 14.3 Å². The van der Waals surface area contributed by atoms with E-state index in [1.807, 2.05) is 0 Å². The van der Waals surface area contributed by atoms with E-state index in [1.54, 1.807) is 0 Å². The van der Waals surface area contributed by atoms with Crippen molar-refractivity contribution in [2.75, 3.05) is 13.2 Å². The second kappa shape index (κ2) is 5.31. The first-order valence-electron chi connectivity index (χ1n) is 7.05. The van der Waals surface area contributed by atoms with Crippen LogP contribution in [0.5, 0.6) is 0 Å². The molecule has 0 saturated carbocycles. The summed E-state index contributed by atoms with van der Waals surface area (Å²) in [4.78, 5) is 7.02. The summed E-state index contributed by atoms with van der Waals surface area (Å²) in [5, 5.41) is 9.45. The van der Waals surface area contributed by atoms with Gasteiger partial charge >= 0.3 is 0 Å². The van der Waals surface area contributed by atoms with E-state index < -0.39 is 0 Å². The standard InChI is InChI=1S/C15H21N3O/c1-12-5-6-15-16-13(10-18(15)8-12)9-17-7-3-2-4-14(17)11-19/h5-6,8,10,14,19H,2-4,7,9,11H2,1H3. The Morgan fingerprint density at radius 3 is 3.05 bits per heavy atom. The maximum Gasteiger partial charge on any atom is 0.137 e. The molecule has 2 aromatic rings. The van der Waals surface area contributed by atoms with Crippen molar-refractivity contribution in [3.8, 4) is 0 Å². The monoisotopic (exact) mass is 259 g/mol. The van der Waals surface area contributed by atoms with Crippen LogP contribution < -0.4 is 0 Å². The summed E-state index contributed by atoms with van der Waals surface area (Å²) in [6.45, 7) is 4.25. The van der Waals surface area contributed by atoms with Crippen LogP contribution in [0.3, 0.4) is 0 Å². The summed E-state index contributed by atoms with van der Waals surface area (Å²) in [6.07, 6.45) is 7.76. The fourth-order valence-corrected chi connectivity index (χ4v) is 2.91. The van der Waals surface area contributed by atoms with Crippen LogP contribution in [-0.2, 0) is 6.54 Å². The van der Waals surface area contributed by atoms with Crippen LogP contribution in [0.2, 0.25) is 0 Å². The molecule has 0 aromatic carbocycles. The molecule has 1 fully saturated rings. The summed E-state index contributed by atoms with van der Waals surface area (Å²) in [5.41, 5.74) is 3.33. The van der Waals surface area contributed by atoms with Crippen molar-refractivity contribution in [1.29, 1.82) is 0 Å². The van der Waals surface area contributed by atoms with Crippen LogP contribution in [0.25, 0.3) is 5.65 Å². The van der Waals surface area contributed by atoms with Gasteiger partial charge in [-0.25, -0.2) is 4.98 Å². The second-order valence-electron chi connectivity index (χ2n) is 5.51. The van der Waals surface area contributed by atoms with Crippen molar-refractivity contribution in [2.24, 2.45) is 0 Å². The van der Waals surface area contributed by atoms with E-state index in [-0.39, 0.29) is 6.61 Å². The molecule has 1 aliphatic rings. The van der Waals surface area contributed by atoms with Crippen molar-refractivity contribution in [3.05, 3.63) is 35.8 Å². The molecule has 0 amide bonds. The van der Waals surface area contributed by atoms with Gasteiger partial charge in [-0.15, -0.1) is 0 Å². The van der Waals surface area contributed by atoms with Crippen molar-refractivity contribution in [2.45, 2.75) is 38.8 Å². The molecule has 4 heteroatoms. The topological polar surface area (TPSA) is 40.8 Å². The number of hydrogen-bond donors (Lipinski definition) is 1. The van der Waals surface area contributed by atoms with E-state index in [4.69, 9.17) is 0 Å². The number of nitrogens with zero attached hydrogens (tertiary/aromatic N) is 3. The highest BCUT2D eigenvalue weighted by atomic mass is 16.3. The Kier molecular flexibility index (Phi) is 3.53. The molecule has 0 aliphatic carbocycles. The van der Waals surface area contributed by atoms with Gasteiger partial charge in [-0.1, -0.05) is 12.5 Å². The van der Waals surface area contributed by atoms with Crippen LogP contribution in [-0.4, -0.2) is 38.6 Å². The smallest absolute Gasteiger partial charge is 0.137 e. The number of imidazole rings is 1. The largest absolute Gasteiger partial charge is 0.395 e. The minimum Gasteiger partial charge on any atom is -0.395 e. The predicted octanol–water partition coefficient (Wildman–Crippen LogP) is 1.99. The maximum atomic E-state index is 9.45. The number of rotatable bonds is 3. The number of aliphatic hydroxyl groups excluding tert-OH is 1. The molecule has 1 saturated heterocycles. The second-order valence-corrected chi connectivity index (χ2v) is 5.51. The lowest BCUT2D eigenvalue weighted by molar-refractivity contribution is 0.0832. The highest BCUT2D eigenvalue weighted by Gasteiger charge is 2.22. The molecule has 3 rings (SSSR count). The number of likely N-dealkylation sites (tertiary alicyclic amines) is 1. The van der Waals surface area contributed by atoms with Crippen LogP contribution >= 0.6 is 0 Å². The predicted molar refractivity (Wildman–Crippen MR) is 75.1 cm³/mol. The fourth-order valence-electron chi connectivity index (χ4n) is 2.91. The molecule has 1 N–H and O–H groups in total. The Hall–Kier alpha value is -1.39. The number of aryl methyl sites for hydroxylation is 1. The van der Waals surface area contributed by atoms with Gasteiger partial charge in [0.1, 0.15) is 5.65 Å². The summed E-state index contributed by atoms with van der Waals surface area (Å²) in [6, 6.07) is 4.45. The number of aromatic nitrogens is 2. The molecular formula is C15H21N3O. The third kappa shape index (κ3) is 2.65. The molecular weight excluding hydrogens is 238 g/mol. The van der Waals surface area contributed by atoms with Gasteiger partial charge in [0.25, 0.3) is 0 Å². The maximum absolute atomic E-state index is 9.45. The molecule has 1 unspecified atom stereocenters. The number of piperidine rings is 1. The highest BCUT2D eigenvalue weighted by molar-refractivity contribution is 5.41. The Morgan fingerprint density at radius 1 is 1.32 bits per heavy atom. The van der Waals surface area contributed by atoms with Gasteiger partial charge in [-0.3, -0.25) is 4.90 Å². The summed E-state index contributed by atoms with van der Waals surface area (Å²) >= 11 is 0. The molecule has 2 aromatic heterocycles. The number of aliphatic hydroxyl groups is 1. The van der Waals surface area contributed by atoms with E-state index in [9.17, 15) is 5.11 Å². The molecule has 1 aliphatic heterocycles. The minimum absolute atomic E-state index is 0.256. The van der Waals surface area contributed by atoms with Gasteiger partial charge in [0, 0.05) is 25.0 Å². The van der Waals surface area contributed by atoms with E-state index in [2.05, 4.69) is 45.7 Å². The molecule has 102 valence electrons. The van der Waals surface area contributed by atoms with E-state index in [0.717, 1.165) is 30.9 Å². The summed E-state index contributed by atoms with van der Waals surface area (Å²) in [7, 11) is 0. The lowest BCUT2D eigenvalue weighted by atomic mass is 10.0. The first-order chi connectivity index (χ1) is 9.26. The molecule has 0 spiro atoms. The van der Waals surface area contributed by atoms with Crippen LogP contribution in [0.15, 0.2) is 24.5 Å². The summed E-state index contributed by atoms with van der Waals surface area (Å²) in [5.74, 6) is 0. The van der Waals surface area contributed by atoms with Gasteiger partial charge in [0.2, 0.25) is 0 Å². The van der Waals surface area contributed by atoms with Gasteiger partial charge in [0.15, 0.2) is 0 Å². The Labute approximate surface area is 113 Å². The van der Waals surface area contributed by atoms with Gasteiger partial charge in [0.05, 0.1) is 12.3 Å². The average Bonchev–Trinajstić information content (AvgIpc) is 2.80. The Bertz CT molecular complexity index is 564. The van der Waals surface area contributed by atoms with Crippen molar-refractivity contribution in [3.63, 3.8) is 0 Å². The van der Waals surface area contributed by atoms with Gasteiger partial charge in [-0.2, -0.15) is 0 Å². The highest BCUT2D eigenvalue weighted by Crippen LogP contribution is 2.19. The number of pyridine rings is 1. The van der Waals surface area contributed by atoms with Crippen molar-refractivity contribution >= 4 is 5.65 Å². The van der Waals surface area contributed by atoms with Crippen LogP contribution in [0.4, 0.5) is 0 Å². The van der Waals surface area contributed by atoms with Gasteiger partial charge < -0.3 is 9.51 Å². The lowest BCUT2D eigenvalue weighted by Gasteiger charge is -2.33. The number of fused-ring (bicyclic) bond motifs is 1. The Balaban J connectivity index is 1.80. The zero-order valence-corrected chi connectivity index (χ0v) is 11.4. The van der Waals surface area contributed by atoms with E-state index >= 15 is 0 Å². The first kappa shape index (κ1) is 12.6. The first-order valence-corrected chi connectivity index (χ1v) is 7.05. The summed E-state index contributed by atoms with van der Waals surface area (Å²) < 4.78 is 2.09. The van der Waals surface area contributed by atoms with E-state index in [0.29, 0.717) is 6.04 Å². The molecule has 3 heterocycles. The zero-order chi connectivity index (χ0) is 13.2. The third-order valence-corrected chi connectivity index (χ3v) is 3.97. The van der Waals surface area contributed by atoms with Crippen molar-refractivity contribution < 1.29 is 5.11 Å². The number of hydrogen-bond acceptors (Lipinski definition) is 3. The molecule has 0 bridgehead atoms. The zero-order valence-electron chi connectivity index (χ0n) is 11.4. The molecule has 19 heavy (non-hydrogen) atoms. The average molecular weight is 259 g/mol. The lowest BCUT2D eigenvalue weighted by Crippen LogP contribution is -2.41. The van der Waals surface area contributed by atoms with Crippen LogP contribution in [0, 0.1) is 6.92 Å². The van der Waals surface area contributed by atoms with Crippen LogP contribution in [0.1, 0.15) is 30.5 Å². The molecule has 0 radical (unpaired) electrons. The molecule has 4 nitrogen and oxygen atoms in total. The van der Waals surface area contributed by atoms with E-state index in [1.165, 1.54) is 18.4 Å². The minimum atomic E-state index is 0.256. The normalized spacial score (nSPS) is 21.1.